The van der Waals surface area contributed by atoms with Gasteiger partial charge in [0.05, 0.1) is 36.5 Å². The van der Waals surface area contributed by atoms with Crippen LogP contribution >= 0.6 is 0 Å². The summed E-state index contributed by atoms with van der Waals surface area (Å²) in [4.78, 5) is 11.9. The molecule has 0 unspecified atom stereocenters. The third-order valence-electron chi connectivity index (χ3n) is 3.52. The third kappa shape index (κ3) is 4.41. The number of hydrazone groups is 1. The Balaban J connectivity index is 1.81. The highest BCUT2D eigenvalue weighted by Gasteiger charge is 2.12. The summed E-state index contributed by atoms with van der Waals surface area (Å²) in [6.07, 6.45) is 0.0852. The molecule has 128 valence electrons. The van der Waals surface area contributed by atoms with Gasteiger partial charge in [0, 0.05) is 0 Å². The first-order chi connectivity index (χ1) is 12.3. The Hall–Kier alpha value is -3.22. The van der Waals surface area contributed by atoms with E-state index in [2.05, 4.69) is 20.8 Å². The van der Waals surface area contributed by atoms with Crippen LogP contribution in [-0.4, -0.2) is 33.3 Å². The van der Waals surface area contributed by atoms with E-state index in [1.165, 1.54) is 0 Å². The van der Waals surface area contributed by atoms with Crippen molar-refractivity contribution >= 4 is 28.4 Å². The molecule has 2 aromatic carbocycles. The fraction of sp³-hybridized carbons (Fsp3) is 0.222. The number of benzene rings is 2. The summed E-state index contributed by atoms with van der Waals surface area (Å²) in [6.45, 7) is 2.46. The lowest BCUT2D eigenvalue weighted by Gasteiger charge is -2.08. The van der Waals surface area contributed by atoms with Gasteiger partial charge in [0.2, 0.25) is 0 Å². The van der Waals surface area contributed by atoms with Crippen molar-refractivity contribution < 1.29 is 9.53 Å². The zero-order chi connectivity index (χ0) is 17.5. The lowest BCUT2D eigenvalue weighted by molar-refractivity contribution is -0.141. The molecule has 3 aromatic rings. The number of hydrogen-bond donors (Lipinski definition) is 1. The van der Waals surface area contributed by atoms with Gasteiger partial charge >= 0.3 is 5.97 Å². The van der Waals surface area contributed by atoms with Crippen molar-refractivity contribution in [1.29, 1.82) is 0 Å². The van der Waals surface area contributed by atoms with E-state index in [9.17, 15) is 4.79 Å². The zero-order valence-electron chi connectivity index (χ0n) is 13.9. The lowest BCUT2D eigenvalue weighted by atomic mass is 10.2. The summed E-state index contributed by atoms with van der Waals surface area (Å²) in [5, 5.41) is 12.7. The number of hydrogen-bond acceptors (Lipinski definition) is 6. The first-order valence-corrected chi connectivity index (χ1v) is 8.06. The van der Waals surface area contributed by atoms with Crippen LogP contribution in [0.4, 0.5) is 5.69 Å². The molecule has 0 spiro atoms. The van der Waals surface area contributed by atoms with Crippen LogP contribution in [0.1, 0.15) is 13.3 Å². The molecule has 0 fully saturated rings. The molecule has 0 amide bonds. The molecule has 0 aliphatic carbocycles. The van der Waals surface area contributed by atoms with Gasteiger partial charge in [-0.25, -0.2) is 4.68 Å². The molecule has 25 heavy (non-hydrogen) atoms. The van der Waals surface area contributed by atoms with E-state index in [1.807, 2.05) is 54.6 Å². The molecule has 7 nitrogen and oxygen atoms in total. The molecule has 0 aliphatic heterocycles. The molecule has 0 saturated carbocycles. The van der Waals surface area contributed by atoms with Gasteiger partial charge in [0.1, 0.15) is 5.52 Å². The number of rotatable bonds is 7. The van der Waals surface area contributed by atoms with Crippen molar-refractivity contribution in [3.8, 4) is 0 Å². The molecule has 7 heteroatoms. The van der Waals surface area contributed by atoms with Crippen LogP contribution in [0.3, 0.4) is 0 Å². The van der Waals surface area contributed by atoms with Crippen LogP contribution in [0.2, 0.25) is 0 Å². The Morgan fingerprint density at radius 2 is 1.92 bits per heavy atom. The average molecular weight is 337 g/mol. The zero-order valence-corrected chi connectivity index (χ0v) is 13.9. The van der Waals surface area contributed by atoms with Crippen molar-refractivity contribution in [2.75, 3.05) is 12.0 Å². The van der Waals surface area contributed by atoms with E-state index in [-0.39, 0.29) is 12.4 Å². The largest absolute Gasteiger partial charge is 0.466 e. The molecule has 0 bridgehead atoms. The quantitative estimate of drug-likeness (QED) is 0.407. The van der Waals surface area contributed by atoms with E-state index in [0.29, 0.717) is 18.9 Å². The molecule has 0 atom stereocenters. The monoisotopic (exact) mass is 337 g/mol. The maximum atomic E-state index is 11.9. The highest BCUT2D eigenvalue weighted by Crippen LogP contribution is 2.11. The number of nitrogens with zero attached hydrogens (tertiary/aromatic N) is 4. The standard InChI is InChI=1S/C18H19N5O2/c1-2-25-18(24)12-15(20-19-14-8-4-3-5-9-14)13-23-17-11-7-6-10-16(17)21-22-23/h3-11,19H,2,12-13H2,1H3. The molecule has 0 aliphatic rings. The first-order valence-electron chi connectivity index (χ1n) is 8.06. The van der Waals surface area contributed by atoms with E-state index >= 15 is 0 Å². The van der Waals surface area contributed by atoms with Gasteiger partial charge in [-0.3, -0.25) is 10.2 Å². The maximum Gasteiger partial charge on any atom is 0.311 e. The molecule has 0 saturated heterocycles. The van der Waals surface area contributed by atoms with Gasteiger partial charge < -0.3 is 4.74 Å². The molecular weight excluding hydrogens is 318 g/mol. The summed E-state index contributed by atoms with van der Waals surface area (Å²) in [6, 6.07) is 17.2. The number of para-hydroxylation sites is 2. The number of ether oxygens (including phenoxy) is 1. The van der Waals surface area contributed by atoms with Crippen LogP contribution in [0.15, 0.2) is 59.7 Å². The maximum absolute atomic E-state index is 11.9. The fourth-order valence-corrected chi connectivity index (χ4v) is 2.37. The highest BCUT2D eigenvalue weighted by molar-refractivity contribution is 5.99. The summed E-state index contributed by atoms with van der Waals surface area (Å²) in [5.74, 6) is -0.319. The number of esters is 1. The minimum absolute atomic E-state index is 0.0852. The number of carbonyl (C=O) groups excluding carboxylic acids is 1. The fourth-order valence-electron chi connectivity index (χ4n) is 2.37. The highest BCUT2D eigenvalue weighted by atomic mass is 16.5. The van der Waals surface area contributed by atoms with Crippen molar-refractivity contribution in [1.82, 2.24) is 15.0 Å². The number of aromatic nitrogens is 3. The summed E-state index contributed by atoms with van der Waals surface area (Å²) in [7, 11) is 0. The summed E-state index contributed by atoms with van der Waals surface area (Å²) >= 11 is 0. The van der Waals surface area contributed by atoms with Crippen LogP contribution < -0.4 is 5.43 Å². The van der Waals surface area contributed by atoms with Gasteiger partial charge in [-0.2, -0.15) is 5.10 Å². The molecule has 1 heterocycles. The minimum atomic E-state index is -0.319. The number of fused-ring (bicyclic) bond motifs is 1. The van der Waals surface area contributed by atoms with Crippen molar-refractivity contribution in [2.24, 2.45) is 5.10 Å². The first kappa shape index (κ1) is 16.6. The van der Waals surface area contributed by atoms with Gasteiger partial charge in [-0.1, -0.05) is 35.5 Å². The second kappa shape index (κ2) is 8.05. The Bertz CT molecular complexity index is 873. The smallest absolute Gasteiger partial charge is 0.311 e. The van der Waals surface area contributed by atoms with Gasteiger partial charge in [0.15, 0.2) is 0 Å². The number of anilines is 1. The minimum Gasteiger partial charge on any atom is -0.466 e. The Morgan fingerprint density at radius 3 is 2.72 bits per heavy atom. The van der Waals surface area contributed by atoms with Crippen molar-refractivity contribution in [3.05, 3.63) is 54.6 Å². The number of carbonyl (C=O) groups is 1. The van der Waals surface area contributed by atoms with Gasteiger partial charge in [0.25, 0.3) is 0 Å². The Kier molecular flexibility index (Phi) is 5.36. The van der Waals surface area contributed by atoms with Gasteiger partial charge in [-0.05, 0) is 31.2 Å². The van der Waals surface area contributed by atoms with E-state index in [4.69, 9.17) is 4.74 Å². The molecule has 0 radical (unpaired) electrons. The second-order valence-electron chi connectivity index (χ2n) is 5.37. The Morgan fingerprint density at radius 1 is 1.16 bits per heavy atom. The van der Waals surface area contributed by atoms with Crippen LogP contribution in [0.5, 0.6) is 0 Å². The third-order valence-corrected chi connectivity index (χ3v) is 3.52. The molecule has 1 N–H and O–H groups in total. The Labute approximate surface area is 145 Å². The normalized spacial score (nSPS) is 11.5. The van der Waals surface area contributed by atoms with Gasteiger partial charge in [-0.15, -0.1) is 5.10 Å². The average Bonchev–Trinajstić information content (AvgIpc) is 3.04. The second-order valence-corrected chi connectivity index (χ2v) is 5.37. The van der Waals surface area contributed by atoms with Crippen LogP contribution in [0, 0.1) is 0 Å². The lowest BCUT2D eigenvalue weighted by Crippen LogP contribution is -2.19. The molecular formula is C18H19N5O2. The van der Waals surface area contributed by atoms with Crippen LogP contribution in [-0.2, 0) is 16.1 Å². The predicted molar refractivity (Wildman–Crippen MR) is 96.3 cm³/mol. The van der Waals surface area contributed by atoms with E-state index in [1.54, 1.807) is 11.6 Å². The van der Waals surface area contributed by atoms with Crippen molar-refractivity contribution in [3.63, 3.8) is 0 Å². The van der Waals surface area contributed by atoms with Crippen molar-refractivity contribution in [2.45, 2.75) is 19.9 Å². The predicted octanol–water partition coefficient (Wildman–Crippen LogP) is 2.85. The van der Waals surface area contributed by atoms with E-state index in [0.717, 1.165) is 16.7 Å². The molecule has 3 rings (SSSR count). The SMILES string of the molecule is CCOC(=O)CC(Cn1nnc2ccccc21)=NNc1ccccc1. The van der Waals surface area contributed by atoms with E-state index < -0.39 is 0 Å². The topological polar surface area (TPSA) is 81.4 Å². The summed E-state index contributed by atoms with van der Waals surface area (Å²) in [5.41, 5.74) is 6.11. The van der Waals surface area contributed by atoms with Crippen LogP contribution in [0.25, 0.3) is 11.0 Å². The number of nitrogens with one attached hydrogen (secondary N) is 1. The summed E-state index contributed by atoms with van der Waals surface area (Å²) < 4.78 is 6.76. The molecule has 1 aromatic heterocycles.